The highest BCUT2D eigenvalue weighted by molar-refractivity contribution is 5.27. The Morgan fingerprint density at radius 3 is 2.65 bits per heavy atom. The van der Waals surface area contributed by atoms with E-state index < -0.39 is 5.60 Å². The summed E-state index contributed by atoms with van der Waals surface area (Å²) >= 11 is 0. The summed E-state index contributed by atoms with van der Waals surface area (Å²) in [5, 5.41) is 13.8. The maximum absolute atomic E-state index is 10.5. The van der Waals surface area contributed by atoms with Gasteiger partial charge in [-0.3, -0.25) is 0 Å². The summed E-state index contributed by atoms with van der Waals surface area (Å²) in [6.07, 6.45) is 2.51. The van der Waals surface area contributed by atoms with E-state index in [1.165, 1.54) is 11.1 Å². The lowest BCUT2D eigenvalue weighted by Crippen LogP contribution is -2.43. The minimum Gasteiger partial charge on any atom is -0.389 e. The van der Waals surface area contributed by atoms with E-state index in [1.807, 2.05) is 0 Å². The van der Waals surface area contributed by atoms with Gasteiger partial charge in [-0.25, -0.2) is 0 Å². The molecule has 0 radical (unpaired) electrons. The van der Waals surface area contributed by atoms with Crippen LogP contribution in [0.1, 0.15) is 43.7 Å². The highest BCUT2D eigenvalue weighted by atomic mass is 16.3. The monoisotopic (exact) mass is 233 g/mol. The lowest BCUT2D eigenvalue weighted by atomic mass is 9.85. The van der Waals surface area contributed by atoms with E-state index in [9.17, 15) is 5.11 Å². The van der Waals surface area contributed by atoms with Gasteiger partial charge in [-0.15, -0.1) is 0 Å². The second-order valence-electron chi connectivity index (χ2n) is 5.55. The Bertz CT molecular complexity index is 367. The molecule has 2 rings (SSSR count). The topological polar surface area (TPSA) is 32.3 Å². The zero-order chi connectivity index (χ0) is 12.3. The van der Waals surface area contributed by atoms with Gasteiger partial charge < -0.3 is 10.4 Å². The molecule has 2 heteroatoms. The Labute approximate surface area is 104 Å². The van der Waals surface area contributed by atoms with Gasteiger partial charge in [0.1, 0.15) is 0 Å². The molecule has 0 atom stereocenters. The van der Waals surface area contributed by atoms with Crippen LogP contribution in [0.2, 0.25) is 0 Å². The van der Waals surface area contributed by atoms with Gasteiger partial charge in [-0.2, -0.15) is 0 Å². The van der Waals surface area contributed by atoms with E-state index in [0.717, 1.165) is 32.4 Å². The minimum atomic E-state index is -0.499. The fourth-order valence-electron chi connectivity index (χ4n) is 2.51. The number of hydrogen-bond acceptors (Lipinski definition) is 2. The van der Waals surface area contributed by atoms with Crippen LogP contribution in [0.4, 0.5) is 0 Å². The average molecular weight is 233 g/mol. The average Bonchev–Trinajstić information content (AvgIpc) is 2.29. The number of aliphatic hydroxyl groups is 1. The number of piperidine rings is 1. The predicted molar refractivity (Wildman–Crippen MR) is 71.3 cm³/mol. The van der Waals surface area contributed by atoms with Gasteiger partial charge in [0.2, 0.25) is 0 Å². The standard InChI is InChI=1S/C15H23NO/c1-12(2)14-5-3-4-13(10-14)11-15(17)6-8-16-9-7-15/h3-5,10,12,16-17H,6-9,11H2,1-2H3. The Balaban J connectivity index is 2.09. The first-order valence-electron chi connectivity index (χ1n) is 6.61. The highest BCUT2D eigenvalue weighted by Crippen LogP contribution is 2.25. The van der Waals surface area contributed by atoms with Crippen molar-refractivity contribution in [1.82, 2.24) is 5.32 Å². The summed E-state index contributed by atoms with van der Waals surface area (Å²) in [6.45, 7) is 6.28. The molecule has 0 unspecified atom stereocenters. The van der Waals surface area contributed by atoms with Crippen LogP contribution in [0.15, 0.2) is 24.3 Å². The van der Waals surface area contributed by atoms with E-state index in [0.29, 0.717) is 5.92 Å². The van der Waals surface area contributed by atoms with Gasteiger partial charge in [-0.1, -0.05) is 38.1 Å². The van der Waals surface area contributed by atoms with Crippen molar-refractivity contribution in [3.63, 3.8) is 0 Å². The van der Waals surface area contributed by atoms with Crippen LogP contribution < -0.4 is 5.32 Å². The van der Waals surface area contributed by atoms with Gasteiger partial charge in [0, 0.05) is 6.42 Å². The summed E-state index contributed by atoms with van der Waals surface area (Å²) < 4.78 is 0. The fourth-order valence-corrected chi connectivity index (χ4v) is 2.51. The van der Waals surface area contributed by atoms with E-state index in [4.69, 9.17) is 0 Å². The van der Waals surface area contributed by atoms with Crippen LogP contribution in [0.25, 0.3) is 0 Å². The Hall–Kier alpha value is -0.860. The van der Waals surface area contributed by atoms with Crippen molar-refractivity contribution >= 4 is 0 Å². The van der Waals surface area contributed by atoms with Gasteiger partial charge >= 0.3 is 0 Å². The molecule has 1 aromatic rings. The van der Waals surface area contributed by atoms with Gasteiger partial charge in [-0.05, 0) is 43.0 Å². The van der Waals surface area contributed by atoms with Gasteiger partial charge in [0.15, 0.2) is 0 Å². The smallest absolute Gasteiger partial charge is 0.0712 e. The van der Waals surface area contributed by atoms with E-state index in [1.54, 1.807) is 0 Å². The first-order valence-corrected chi connectivity index (χ1v) is 6.61. The fraction of sp³-hybridized carbons (Fsp3) is 0.600. The normalized spacial score (nSPS) is 19.5. The molecule has 2 nitrogen and oxygen atoms in total. The lowest BCUT2D eigenvalue weighted by Gasteiger charge is -2.32. The Morgan fingerprint density at radius 2 is 2.00 bits per heavy atom. The van der Waals surface area contributed by atoms with Crippen molar-refractivity contribution in [3.8, 4) is 0 Å². The molecule has 1 saturated heterocycles. The second-order valence-corrected chi connectivity index (χ2v) is 5.55. The third kappa shape index (κ3) is 3.30. The summed E-state index contributed by atoms with van der Waals surface area (Å²) in [5.74, 6) is 0.553. The molecule has 0 aliphatic carbocycles. The quantitative estimate of drug-likeness (QED) is 0.840. The zero-order valence-electron chi connectivity index (χ0n) is 10.9. The van der Waals surface area contributed by atoms with Crippen LogP contribution in [0, 0.1) is 0 Å². The molecule has 0 aromatic heterocycles. The van der Waals surface area contributed by atoms with E-state index in [2.05, 4.69) is 43.4 Å². The molecule has 0 spiro atoms. The van der Waals surface area contributed by atoms with Crippen LogP contribution in [0.3, 0.4) is 0 Å². The molecule has 1 aromatic carbocycles. The largest absolute Gasteiger partial charge is 0.389 e. The van der Waals surface area contributed by atoms with Crippen molar-refractivity contribution in [2.24, 2.45) is 0 Å². The van der Waals surface area contributed by atoms with Gasteiger partial charge in [0.25, 0.3) is 0 Å². The molecule has 94 valence electrons. The van der Waals surface area contributed by atoms with Crippen LogP contribution >= 0.6 is 0 Å². The molecule has 0 bridgehead atoms. The van der Waals surface area contributed by atoms with Crippen molar-refractivity contribution < 1.29 is 5.11 Å². The predicted octanol–water partition coefficient (Wildman–Crippen LogP) is 2.47. The van der Waals surface area contributed by atoms with Crippen LogP contribution in [-0.4, -0.2) is 23.8 Å². The lowest BCUT2D eigenvalue weighted by molar-refractivity contribution is 0.0108. The first-order chi connectivity index (χ1) is 8.09. The third-order valence-electron chi connectivity index (χ3n) is 3.69. The summed E-state index contributed by atoms with van der Waals surface area (Å²) in [6, 6.07) is 8.65. The zero-order valence-corrected chi connectivity index (χ0v) is 10.9. The van der Waals surface area contributed by atoms with Crippen molar-refractivity contribution in [2.75, 3.05) is 13.1 Å². The van der Waals surface area contributed by atoms with Crippen molar-refractivity contribution in [2.45, 2.75) is 44.6 Å². The Morgan fingerprint density at radius 1 is 1.29 bits per heavy atom. The number of benzene rings is 1. The maximum Gasteiger partial charge on any atom is 0.0712 e. The molecular formula is C15H23NO. The molecule has 17 heavy (non-hydrogen) atoms. The molecule has 1 fully saturated rings. The van der Waals surface area contributed by atoms with Crippen LogP contribution in [0.5, 0.6) is 0 Å². The third-order valence-corrected chi connectivity index (χ3v) is 3.69. The molecule has 1 aliphatic heterocycles. The molecule has 1 heterocycles. The second kappa shape index (κ2) is 5.19. The molecule has 0 saturated carbocycles. The minimum absolute atomic E-state index is 0.499. The molecule has 2 N–H and O–H groups in total. The van der Waals surface area contributed by atoms with Crippen molar-refractivity contribution in [1.29, 1.82) is 0 Å². The maximum atomic E-state index is 10.5. The number of rotatable bonds is 3. The Kier molecular flexibility index (Phi) is 3.85. The summed E-state index contributed by atoms with van der Waals surface area (Å²) in [7, 11) is 0. The number of hydrogen-bond donors (Lipinski definition) is 2. The van der Waals surface area contributed by atoms with Gasteiger partial charge in [0.05, 0.1) is 5.60 Å². The van der Waals surface area contributed by atoms with Crippen molar-refractivity contribution in [3.05, 3.63) is 35.4 Å². The first kappa shape index (κ1) is 12.6. The SMILES string of the molecule is CC(C)c1cccc(CC2(O)CCNCC2)c1. The molecule has 1 aliphatic rings. The van der Waals surface area contributed by atoms with Crippen LogP contribution in [-0.2, 0) is 6.42 Å². The van der Waals surface area contributed by atoms with E-state index in [-0.39, 0.29) is 0 Å². The molecule has 0 amide bonds. The highest BCUT2D eigenvalue weighted by Gasteiger charge is 2.29. The summed E-state index contributed by atoms with van der Waals surface area (Å²) in [5.41, 5.74) is 2.13. The molecular weight excluding hydrogens is 210 g/mol. The summed E-state index contributed by atoms with van der Waals surface area (Å²) in [4.78, 5) is 0. The van der Waals surface area contributed by atoms with E-state index >= 15 is 0 Å². The number of nitrogens with one attached hydrogen (secondary N) is 1.